The number of carbonyl (C=O) groups excluding carboxylic acids is 2. The van der Waals surface area contributed by atoms with Gasteiger partial charge in [0.2, 0.25) is 15.9 Å². The van der Waals surface area contributed by atoms with Crippen LogP contribution in [0.4, 0.5) is 10.8 Å². The number of aliphatic hydroxyl groups excluding tert-OH is 1. The van der Waals surface area contributed by atoms with Gasteiger partial charge in [0.1, 0.15) is 0 Å². The molecule has 1 aliphatic rings. The lowest BCUT2D eigenvalue weighted by atomic mass is 9.96. The second-order valence-corrected chi connectivity index (χ2v) is 11.3. The molecule has 2 atom stereocenters. The fourth-order valence-electron chi connectivity index (χ4n) is 3.84. The molecule has 3 heterocycles. The standard InChI is InChI=1S/C23H27N5O5S2/c1-15-12-27(8-7-20(15)29)18-5-3-4-16(10-18)19-14-34-23(25-19)26-21(30)11-24-22(31)17-6-9-28(13-17)35(2,32)33/h3-6,9-10,13-15,20,29H,7-8,11-12H2,1-2H3,(H,24,31)(H,25,26,30)/t15-,20-/m1/s1. The van der Waals surface area contributed by atoms with Crippen LogP contribution in [-0.4, -0.2) is 66.3 Å². The smallest absolute Gasteiger partial charge is 0.253 e. The summed E-state index contributed by atoms with van der Waals surface area (Å²) >= 11 is 1.28. The number of rotatable bonds is 7. The van der Waals surface area contributed by atoms with E-state index in [0.717, 1.165) is 46.7 Å². The molecule has 3 aromatic rings. The largest absolute Gasteiger partial charge is 0.393 e. The molecule has 10 nitrogen and oxygen atoms in total. The summed E-state index contributed by atoms with van der Waals surface area (Å²) in [5.74, 6) is -0.802. The highest BCUT2D eigenvalue weighted by Gasteiger charge is 2.24. The molecule has 1 aromatic carbocycles. The summed E-state index contributed by atoms with van der Waals surface area (Å²) in [4.78, 5) is 31.2. The van der Waals surface area contributed by atoms with Crippen LogP contribution in [0, 0.1) is 5.92 Å². The van der Waals surface area contributed by atoms with Gasteiger partial charge in [-0.1, -0.05) is 19.1 Å². The van der Waals surface area contributed by atoms with Gasteiger partial charge in [0, 0.05) is 42.1 Å². The Bertz CT molecular complexity index is 1330. The fraction of sp³-hybridized carbons (Fsp3) is 0.348. The summed E-state index contributed by atoms with van der Waals surface area (Å²) in [6.07, 6.45) is 3.96. The van der Waals surface area contributed by atoms with Crippen molar-refractivity contribution in [3.8, 4) is 11.3 Å². The van der Waals surface area contributed by atoms with Crippen molar-refractivity contribution in [2.75, 3.05) is 36.1 Å². The van der Waals surface area contributed by atoms with E-state index in [9.17, 15) is 23.1 Å². The molecule has 35 heavy (non-hydrogen) atoms. The van der Waals surface area contributed by atoms with Crippen LogP contribution in [0.5, 0.6) is 0 Å². The van der Waals surface area contributed by atoms with Gasteiger partial charge in [-0.25, -0.2) is 13.4 Å². The molecule has 2 aromatic heterocycles. The van der Waals surface area contributed by atoms with Crippen molar-refractivity contribution in [3.05, 3.63) is 53.7 Å². The van der Waals surface area contributed by atoms with Gasteiger partial charge in [0.15, 0.2) is 5.13 Å². The molecular formula is C23H27N5O5S2. The predicted octanol–water partition coefficient (Wildman–Crippen LogP) is 1.99. The van der Waals surface area contributed by atoms with Gasteiger partial charge in [-0.15, -0.1) is 11.3 Å². The number of nitrogens with zero attached hydrogens (tertiary/aromatic N) is 3. The molecule has 2 amide bonds. The van der Waals surface area contributed by atoms with Crippen LogP contribution in [0.15, 0.2) is 48.1 Å². The molecule has 3 N–H and O–H groups in total. The molecule has 0 spiro atoms. The van der Waals surface area contributed by atoms with Crippen LogP contribution in [0.2, 0.25) is 0 Å². The monoisotopic (exact) mass is 517 g/mol. The summed E-state index contributed by atoms with van der Waals surface area (Å²) < 4.78 is 24.0. The molecule has 12 heteroatoms. The van der Waals surface area contributed by atoms with E-state index in [2.05, 4.69) is 20.5 Å². The number of aromatic nitrogens is 2. The topological polar surface area (TPSA) is 134 Å². The average molecular weight is 518 g/mol. The van der Waals surface area contributed by atoms with Crippen LogP contribution >= 0.6 is 11.3 Å². The molecule has 1 fully saturated rings. The van der Waals surface area contributed by atoms with E-state index in [4.69, 9.17) is 0 Å². The maximum absolute atomic E-state index is 12.3. The first-order valence-electron chi connectivity index (χ1n) is 11.1. The van der Waals surface area contributed by atoms with Gasteiger partial charge in [0.25, 0.3) is 5.91 Å². The summed E-state index contributed by atoms with van der Waals surface area (Å²) in [6.45, 7) is 3.34. The minimum atomic E-state index is -3.48. The fourth-order valence-corrected chi connectivity index (χ4v) is 5.16. The lowest BCUT2D eigenvalue weighted by Crippen LogP contribution is -2.41. The molecule has 0 saturated carbocycles. The second-order valence-electron chi connectivity index (χ2n) is 8.59. The van der Waals surface area contributed by atoms with Crippen LogP contribution in [-0.2, 0) is 14.8 Å². The number of nitrogens with one attached hydrogen (secondary N) is 2. The first-order chi connectivity index (χ1) is 16.6. The van der Waals surface area contributed by atoms with E-state index >= 15 is 0 Å². The number of carbonyl (C=O) groups is 2. The lowest BCUT2D eigenvalue weighted by molar-refractivity contribution is -0.115. The lowest BCUT2D eigenvalue weighted by Gasteiger charge is -2.36. The van der Waals surface area contributed by atoms with E-state index in [0.29, 0.717) is 5.13 Å². The molecule has 4 rings (SSSR count). The van der Waals surface area contributed by atoms with Gasteiger partial charge in [0.05, 0.1) is 30.2 Å². The normalized spacial score (nSPS) is 18.3. The Labute approximate surface area is 207 Å². The summed E-state index contributed by atoms with van der Waals surface area (Å²) in [7, 11) is -3.48. The minimum absolute atomic E-state index is 0.136. The zero-order chi connectivity index (χ0) is 25.2. The Morgan fingerprint density at radius 2 is 2.09 bits per heavy atom. The van der Waals surface area contributed by atoms with Gasteiger partial charge in [-0.2, -0.15) is 0 Å². The predicted molar refractivity (Wildman–Crippen MR) is 135 cm³/mol. The number of aliphatic hydroxyl groups is 1. The number of amides is 2. The van der Waals surface area contributed by atoms with E-state index in [1.165, 1.54) is 29.8 Å². The third-order valence-corrected chi connectivity index (χ3v) is 7.59. The van der Waals surface area contributed by atoms with Crippen molar-refractivity contribution in [1.29, 1.82) is 0 Å². The van der Waals surface area contributed by atoms with Crippen LogP contribution in [0.25, 0.3) is 11.3 Å². The third kappa shape index (κ3) is 6.08. The van der Waals surface area contributed by atoms with Gasteiger partial charge in [-0.05, 0) is 30.5 Å². The number of hydrogen-bond donors (Lipinski definition) is 3. The highest BCUT2D eigenvalue weighted by atomic mass is 32.2. The number of anilines is 2. The van der Waals surface area contributed by atoms with Crippen LogP contribution in [0.3, 0.4) is 0 Å². The van der Waals surface area contributed by atoms with E-state index < -0.39 is 21.8 Å². The quantitative estimate of drug-likeness (QED) is 0.436. The van der Waals surface area contributed by atoms with E-state index in [-0.39, 0.29) is 24.1 Å². The molecule has 1 saturated heterocycles. The van der Waals surface area contributed by atoms with E-state index in [1.54, 1.807) is 0 Å². The first kappa shape index (κ1) is 24.9. The zero-order valence-electron chi connectivity index (χ0n) is 19.3. The average Bonchev–Trinajstić information content (AvgIpc) is 3.50. The highest BCUT2D eigenvalue weighted by molar-refractivity contribution is 7.89. The van der Waals surface area contributed by atoms with Crippen molar-refractivity contribution < 1.29 is 23.1 Å². The van der Waals surface area contributed by atoms with Crippen molar-refractivity contribution in [1.82, 2.24) is 14.3 Å². The Hall–Kier alpha value is -3.22. The van der Waals surface area contributed by atoms with Gasteiger partial charge < -0.3 is 20.6 Å². The Kier molecular flexibility index (Phi) is 7.24. The summed E-state index contributed by atoms with van der Waals surface area (Å²) in [5.41, 5.74) is 2.84. The number of hydrogen-bond acceptors (Lipinski definition) is 8. The van der Waals surface area contributed by atoms with Crippen molar-refractivity contribution in [3.63, 3.8) is 0 Å². The molecule has 186 valence electrons. The summed E-state index contributed by atoms with van der Waals surface area (Å²) in [5, 5.41) is 17.4. The van der Waals surface area contributed by atoms with Gasteiger partial charge in [-0.3, -0.25) is 13.6 Å². The molecule has 0 unspecified atom stereocenters. The van der Waals surface area contributed by atoms with E-state index in [1.807, 2.05) is 36.6 Å². The molecular weight excluding hydrogens is 490 g/mol. The maximum Gasteiger partial charge on any atom is 0.253 e. The van der Waals surface area contributed by atoms with Crippen LogP contribution in [0.1, 0.15) is 23.7 Å². The Morgan fingerprint density at radius 1 is 1.29 bits per heavy atom. The van der Waals surface area contributed by atoms with Crippen molar-refractivity contribution in [2.45, 2.75) is 19.4 Å². The highest BCUT2D eigenvalue weighted by Crippen LogP contribution is 2.30. The Morgan fingerprint density at radius 3 is 2.80 bits per heavy atom. The van der Waals surface area contributed by atoms with Crippen molar-refractivity contribution >= 4 is 44.0 Å². The second kappa shape index (κ2) is 10.2. The SMILES string of the molecule is C[C@@H]1CN(c2cccc(-c3csc(NC(=O)CNC(=O)c4ccn(S(C)(=O)=O)c4)n3)c2)CC[C@H]1O. The number of benzene rings is 1. The number of piperidine rings is 1. The Balaban J connectivity index is 1.34. The molecule has 0 aliphatic carbocycles. The molecule has 0 radical (unpaired) electrons. The number of thiazole rings is 1. The minimum Gasteiger partial charge on any atom is -0.393 e. The first-order valence-corrected chi connectivity index (χ1v) is 13.8. The third-order valence-electron chi connectivity index (χ3n) is 5.84. The van der Waals surface area contributed by atoms with Crippen molar-refractivity contribution in [2.24, 2.45) is 5.92 Å². The van der Waals surface area contributed by atoms with Gasteiger partial charge >= 0.3 is 0 Å². The maximum atomic E-state index is 12.3. The van der Waals surface area contributed by atoms with Crippen LogP contribution < -0.4 is 15.5 Å². The summed E-state index contributed by atoms with van der Waals surface area (Å²) in [6, 6.07) is 9.37. The molecule has 0 bridgehead atoms. The zero-order valence-corrected chi connectivity index (χ0v) is 21.0. The molecule has 1 aliphatic heterocycles.